The first-order valence-electron chi connectivity index (χ1n) is 8.40. The molecule has 0 radical (unpaired) electrons. The maximum Gasteiger partial charge on any atom is 0.340 e. The maximum atomic E-state index is 12.7. The van der Waals surface area contributed by atoms with E-state index in [1.54, 1.807) is 0 Å². The van der Waals surface area contributed by atoms with Crippen molar-refractivity contribution in [3.8, 4) is 0 Å². The van der Waals surface area contributed by atoms with E-state index in [9.17, 15) is 13.2 Å². The van der Waals surface area contributed by atoms with Gasteiger partial charge in [0.2, 0.25) is 10.0 Å². The number of sulfonamides is 1. The zero-order valence-corrected chi connectivity index (χ0v) is 16.0. The first kappa shape index (κ1) is 18.9. The van der Waals surface area contributed by atoms with E-state index in [1.165, 1.54) is 22.5 Å². The Morgan fingerprint density at radius 3 is 2.42 bits per heavy atom. The predicted molar refractivity (Wildman–Crippen MR) is 99.7 cm³/mol. The second-order valence-electron chi connectivity index (χ2n) is 6.31. The SMILES string of the molecule is Cc1ccc(COC(=O)c2cc(S(=O)(=O)N3CCCC3)ccc2Cl)cc1. The Kier molecular flexibility index (Phi) is 5.65. The minimum atomic E-state index is -3.62. The highest BCUT2D eigenvalue weighted by molar-refractivity contribution is 7.89. The van der Waals surface area contributed by atoms with Crippen molar-refractivity contribution < 1.29 is 17.9 Å². The summed E-state index contributed by atoms with van der Waals surface area (Å²) in [5, 5.41) is 0.166. The van der Waals surface area contributed by atoms with Gasteiger partial charge in [-0.2, -0.15) is 4.31 Å². The number of carbonyl (C=O) groups excluding carboxylic acids is 1. The van der Waals surface area contributed by atoms with Gasteiger partial charge in [-0.3, -0.25) is 0 Å². The van der Waals surface area contributed by atoms with Crippen molar-refractivity contribution in [2.45, 2.75) is 31.3 Å². The van der Waals surface area contributed by atoms with Crippen LogP contribution in [0.3, 0.4) is 0 Å². The second-order valence-corrected chi connectivity index (χ2v) is 8.66. The molecule has 3 rings (SSSR count). The molecule has 0 aliphatic carbocycles. The van der Waals surface area contributed by atoms with Crippen molar-refractivity contribution in [1.82, 2.24) is 4.31 Å². The van der Waals surface area contributed by atoms with Crippen LogP contribution in [0.2, 0.25) is 5.02 Å². The summed E-state index contributed by atoms with van der Waals surface area (Å²) in [5.41, 5.74) is 2.02. The number of aryl methyl sites for hydroxylation is 1. The second kappa shape index (κ2) is 7.78. The number of hydrogen-bond donors (Lipinski definition) is 0. The summed E-state index contributed by atoms with van der Waals surface area (Å²) in [7, 11) is -3.62. The smallest absolute Gasteiger partial charge is 0.340 e. The third kappa shape index (κ3) is 4.09. The summed E-state index contributed by atoms with van der Waals surface area (Å²) in [6, 6.07) is 11.8. The first-order chi connectivity index (χ1) is 12.4. The number of hydrogen-bond acceptors (Lipinski definition) is 4. The maximum absolute atomic E-state index is 12.7. The predicted octanol–water partition coefficient (Wildman–Crippen LogP) is 3.79. The van der Waals surface area contributed by atoms with Gasteiger partial charge in [0, 0.05) is 13.1 Å². The molecule has 0 N–H and O–H groups in total. The average Bonchev–Trinajstić information content (AvgIpc) is 3.17. The Balaban J connectivity index is 1.78. The lowest BCUT2D eigenvalue weighted by molar-refractivity contribution is 0.0472. The lowest BCUT2D eigenvalue weighted by Crippen LogP contribution is -2.28. The third-order valence-corrected chi connectivity index (χ3v) is 6.58. The molecule has 0 saturated carbocycles. The normalized spacial score (nSPS) is 15.2. The van der Waals surface area contributed by atoms with Crippen LogP contribution < -0.4 is 0 Å². The Hall–Kier alpha value is -1.89. The molecule has 1 aliphatic rings. The molecule has 0 atom stereocenters. The molecule has 5 nitrogen and oxygen atoms in total. The number of ether oxygens (including phenoxy) is 1. The van der Waals surface area contributed by atoms with Crippen LogP contribution in [-0.2, 0) is 21.4 Å². The number of halogens is 1. The first-order valence-corrected chi connectivity index (χ1v) is 10.2. The van der Waals surface area contributed by atoms with E-state index in [-0.39, 0.29) is 22.1 Å². The van der Waals surface area contributed by atoms with Gasteiger partial charge in [-0.15, -0.1) is 0 Å². The highest BCUT2D eigenvalue weighted by atomic mass is 35.5. The van der Waals surface area contributed by atoms with Crippen LogP contribution in [0, 0.1) is 6.92 Å². The van der Waals surface area contributed by atoms with Gasteiger partial charge < -0.3 is 4.74 Å². The number of rotatable bonds is 5. The molecule has 7 heteroatoms. The van der Waals surface area contributed by atoms with Crippen LogP contribution in [0.4, 0.5) is 0 Å². The summed E-state index contributed by atoms with van der Waals surface area (Å²) in [6.07, 6.45) is 1.69. The monoisotopic (exact) mass is 393 g/mol. The van der Waals surface area contributed by atoms with Crippen molar-refractivity contribution in [2.24, 2.45) is 0 Å². The minimum Gasteiger partial charge on any atom is -0.457 e. The summed E-state index contributed by atoms with van der Waals surface area (Å²) >= 11 is 6.09. The fourth-order valence-corrected chi connectivity index (χ4v) is 4.55. The molecule has 1 saturated heterocycles. The Morgan fingerprint density at radius 2 is 1.77 bits per heavy atom. The van der Waals surface area contributed by atoms with Crippen LogP contribution >= 0.6 is 11.6 Å². The molecule has 138 valence electrons. The lowest BCUT2D eigenvalue weighted by atomic mass is 10.2. The number of benzene rings is 2. The topological polar surface area (TPSA) is 63.7 Å². The standard InChI is InChI=1S/C19H20ClNO4S/c1-14-4-6-15(7-5-14)13-25-19(22)17-12-16(8-9-18(17)20)26(23,24)21-10-2-3-11-21/h4-9,12H,2-3,10-11,13H2,1H3. The molecule has 26 heavy (non-hydrogen) atoms. The van der Waals surface area contributed by atoms with Gasteiger partial charge in [-0.05, 0) is 43.5 Å². The molecule has 1 fully saturated rings. The zero-order valence-electron chi connectivity index (χ0n) is 14.4. The Labute approximate surface area is 158 Å². The molecule has 0 amide bonds. The van der Waals surface area contributed by atoms with Crippen molar-refractivity contribution in [2.75, 3.05) is 13.1 Å². The quantitative estimate of drug-likeness (QED) is 0.725. The van der Waals surface area contributed by atoms with Gasteiger partial charge in [0.05, 0.1) is 15.5 Å². The molecule has 0 aromatic heterocycles. The van der Waals surface area contributed by atoms with E-state index in [1.807, 2.05) is 31.2 Å². The molecule has 1 aliphatic heterocycles. The van der Waals surface area contributed by atoms with E-state index < -0.39 is 16.0 Å². The van der Waals surface area contributed by atoms with Gasteiger partial charge in [0.15, 0.2) is 0 Å². The minimum absolute atomic E-state index is 0.0547. The van der Waals surface area contributed by atoms with Gasteiger partial charge >= 0.3 is 5.97 Å². The number of carbonyl (C=O) groups is 1. The van der Waals surface area contributed by atoms with Crippen LogP contribution in [-0.4, -0.2) is 31.8 Å². The summed E-state index contributed by atoms with van der Waals surface area (Å²) in [6.45, 7) is 3.07. The fourth-order valence-electron chi connectivity index (χ4n) is 2.81. The Morgan fingerprint density at radius 1 is 1.12 bits per heavy atom. The third-order valence-electron chi connectivity index (χ3n) is 4.35. The molecule has 0 spiro atoms. The Bertz CT molecular complexity index is 904. The van der Waals surface area contributed by atoms with Crippen molar-refractivity contribution in [3.63, 3.8) is 0 Å². The van der Waals surface area contributed by atoms with Crippen molar-refractivity contribution >= 4 is 27.6 Å². The fraction of sp³-hybridized carbons (Fsp3) is 0.316. The number of esters is 1. The summed E-state index contributed by atoms with van der Waals surface area (Å²) in [4.78, 5) is 12.5. The van der Waals surface area contributed by atoms with Crippen molar-refractivity contribution in [3.05, 3.63) is 64.2 Å². The molecular formula is C19H20ClNO4S. The number of nitrogens with zero attached hydrogens (tertiary/aromatic N) is 1. The van der Waals surface area contributed by atoms with Crippen molar-refractivity contribution in [1.29, 1.82) is 0 Å². The van der Waals surface area contributed by atoms with Gasteiger partial charge in [0.25, 0.3) is 0 Å². The largest absolute Gasteiger partial charge is 0.457 e. The highest BCUT2D eigenvalue weighted by Crippen LogP contribution is 2.26. The van der Waals surface area contributed by atoms with Crippen LogP contribution in [0.1, 0.15) is 34.3 Å². The average molecular weight is 394 g/mol. The molecule has 0 unspecified atom stereocenters. The molecular weight excluding hydrogens is 374 g/mol. The van der Waals surface area contributed by atoms with Gasteiger partial charge in [0.1, 0.15) is 6.61 Å². The van der Waals surface area contributed by atoms with Crippen LogP contribution in [0.15, 0.2) is 47.4 Å². The summed E-state index contributed by atoms with van der Waals surface area (Å²) < 4.78 is 32.0. The van der Waals surface area contributed by atoms with E-state index in [0.717, 1.165) is 24.0 Å². The molecule has 2 aromatic rings. The van der Waals surface area contributed by atoms with Crippen LogP contribution in [0.25, 0.3) is 0 Å². The van der Waals surface area contributed by atoms with E-state index >= 15 is 0 Å². The van der Waals surface area contributed by atoms with Gasteiger partial charge in [-0.1, -0.05) is 41.4 Å². The zero-order chi connectivity index (χ0) is 18.7. The van der Waals surface area contributed by atoms with Crippen LogP contribution in [0.5, 0.6) is 0 Å². The summed E-state index contributed by atoms with van der Waals surface area (Å²) in [5.74, 6) is -0.644. The molecule has 2 aromatic carbocycles. The van der Waals surface area contributed by atoms with E-state index in [2.05, 4.69) is 0 Å². The van der Waals surface area contributed by atoms with E-state index in [4.69, 9.17) is 16.3 Å². The molecule has 1 heterocycles. The van der Waals surface area contributed by atoms with Gasteiger partial charge in [-0.25, -0.2) is 13.2 Å². The highest BCUT2D eigenvalue weighted by Gasteiger charge is 2.28. The van der Waals surface area contributed by atoms with E-state index in [0.29, 0.717) is 13.1 Å². The lowest BCUT2D eigenvalue weighted by Gasteiger charge is -2.16. The molecule has 0 bridgehead atoms.